The number of hydrogen-bond donors (Lipinski definition) is 3. The number of carboxylic acids is 1. The fraction of sp³-hybridized carbons (Fsp3) is 0.469. The third kappa shape index (κ3) is 6.38. The fourth-order valence-corrected chi connectivity index (χ4v) is 5.23. The Hall–Kier alpha value is -3.21. The third-order valence-electron chi connectivity index (χ3n) is 7.32. The Kier molecular flexibility index (Phi) is 8.16. The first-order chi connectivity index (χ1) is 17.1. The van der Waals surface area contributed by atoms with Crippen LogP contribution in [0.2, 0.25) is 0 Å². The lowest BCUT2D eigenvalue weighted by Crippen LogP contribution is -2.20. The zero-order valence-electron chi connectivity index (χ0n) is 23.2. The zero-order chi connectivity index (χ0) is 27.7. The Morgan fingerprint density at radius 3 is 1.95 bits per heavy atom. The number of aromatic carboxylic acids is 1. The predicted molar refractivity (Wildman–Crippen MR) is 150 cm³/mol. The maximum Gasteiger partial charge on any atom is 0.335 e. The van der Waals surface area contributed by atoms with Crippen LogP contribution >= 0.6 is 0 Å². The molecule has 2 unspecified atom stereocenters. The van der Waals surface area contributed by atoms with E-state index in [1.165, 1.54) is 0 Å². The summed E-state index contributed by atoms with van der Waals surface area (Å²) in [6.45, 7) is 14.3. The van der Waals surface area contributed by atoms with Crippen LogP contribution < -0.4 is 0 Å². The standard InChI is InChI=1S/C32H41NO4/c1-8-9-21-15-23(28(33)24(21)14-19-10-12-20(13-11-19)30(36)37)18-27(34)22-16-25(31(2,3)4)29(35)26(17-22)32(5,6)7/h10-14,16-17,21,23,33,35H,8-9,15,18H2,1-7H3,(H,36,37). The number of carbonyl (C=O) groups excluding carboxylic acids is 1. The summed E-state index contributed by atoms with van der Waals surface area (Å²) >= 11 is 0. The van der Waals surface area contributed by atoms with E-state index in [1.807, 2.05) is 59.8 Å². The van der Waals surface area contributed by atoms with Crippen LogP contribution in [0.1, 0.15) is 112 Å². The molecule has 3 rings (SSSR count). The number of Topliss-reactive ketones (excluding diaryl/α,β-unsaturated/α-hetero) is 1. The minimum Gasteiger partial charge on any atom is -0.507 e. The molecule has 0 aliphatic heterocycles. The Morgan fingerprint density at radius 2 is 1.49 bits per heavy atom. The molecule has 2 aromatic carbocycles. The van der Waals surface area contributed by atoms with Crippen LogP contribution in [-0.2, 0) is 10.8 Å². The number of nitrogens with one attached hydrogen (secondary N) is 1. The van der Waals surface area contributed by atoms with Gasteiger partial charge < -0.3 is 15.6 Å². The highest BCUT2D eigenvalue weighted by Crippen LogP contribution is 2.42. The number of allylic oxidation sites excluding steroid dienone is 1. The van der Waals surface area contributed by atoms with Crippen LogP contribution in [0.3, 0.4) is 0 Å². The SMILES string of the molecule is CCCC1CC(CC(=O)c2cc(C(C)(C)C)c(O)c(C(C)(C)C)c2)C(=N)C1=Cc1ccc(C(=O)O)cc1. The number of ketones is 1. The molecule has 198 valence electrons. The van der Waals surface area contributed by atoms with Crippen molar-refractivity contribution in [3.63, 3.8) is 0 Å². The lowest BCUT2D eigenvalue weighted by molar-refractivity contribution is 0.0696. The molecule has 1 aliphatic rings. The highest BCUT2D eigenvalue weighted by atomic mass is 16.4. The summed E-state index contributed by atoms with van der Waals surface area (Å²) in [6, 6.07) is 10.3. The van der Waals surface area contributed by atoms with E-state index in [-0.39, 0.29) is 46.2 Å². The molecular formula is C32H41NO4. The van der Waals surface area contributed by atoms with Gasteiger partial charge in [-0.15, -0.1) is 0 Å². The van der Waals surface area contributed by atoms with Gasteiger partial charge in [0, 0.05) is 34.7 Å². The second-order valence-corrected chi connectivity index (χ2v) is 12.4. The number of benzene rings is 2. The summed E-state index contributed by atoms with van der Waals surface area (Å²) in [4.78, 5) is 24.8. The van der Waals surface area contributed by atoms with Crippen molar-refractivity contribution in [1.82, 2.24) is 0 Å². The van der Waals surface area contributed by atoms with Gasteiger partial charge in [-0.25, -0.2) is 4.79 Å². The first kappa shape index (κ1) is 28.4. The Balaban J connectivity index is 1.92. The van der Waals surface area contributed by atoms with Crippen molar-refractivity contribution in [3.05, 3.63) is 69.8 Å². The zero-order valence-corrected chi connectivity index (χ0v) is 23.2. The van der Waals surface area contributed by atoms with Crippen molar-refractivity contribution in [1.29, 1.82) is 5.41 Å². The van der Waals surface area contributed by atoms with Crippen molar-refractivity contribution < 1.29 is 19.8 Å². The maximum absolute atomic E-state index is 13.6. The van der Waals surface area contributed by atoms with Crippen molar-refractivity contribution in [2.24, 2.45) is 11.8 Å². The molecule has 0 heterocycles. The minimum absolute atomic E-state index is 0.00643. The smallest absolute Gasteiger partial charge is 0.335 e. The Morgan fingerprint density at radius 1 is 0.946 bits per heavy atom. The van der Waals surface area contributed by atoms with Crippen LogP contribution in [0.15, 0.2) is 42.0 Å². The first-order valence-corrected chi connectivity index (χ1v) is 13.2. The van der Waals surface area contributed by atoms with Crippen molar-refractivity contribution >= 4 is 23.5 Å². The van der Waals surface area contributed by atoms with E-state index in [2.05, 4.69) is 6.92 Å². The summed E-state index contributed by atoms with van der Waals surface area (Å²) in [6.07, 6.45) is 4.91. The Bertz CT molecular complexity index is 1190. The Labute approximate surface area is 221 Å². The fourth-order valence-electron chi connectivity index (χ4n) is 5.23. The lowest BCUT2D eigenvalue weighted by Gasteiger charge is -2.28. The second-order valence-electron chi connectivity index (χ2n) is 12.4. The second kappa shape index (κ2) is 10.6. The van der Waals surface area contributed by atoms with Crippen LogP contribution in [0.5, 0.6) is 5.75 Å². The number of phenolic OH excluding ortho intramolecular Hbond substituents is 1. The number of rotatable bonds is 7. The minimum atomic E-state index is -0.964. The summed E-state index contributed by atoms with van der Waals surface area (Å²) < 4.78 is 0. The molecule has 0 aromatic heterocycles. The summed E-state index contributed by atoms with van der Waals surface area (Å²) in [5, 5.41) is 29.1. The van der Waals surface area contributed by atoms with E-state index in [4.69, 9.17) is 10.5 Å². The molecule has 0 bridgehead atoms. The van der Waals surface area contributed by atoms with Gasteiger partial charge in [0.2, 0.25) is 0 Å². The number of carbonyl (C=O) groups is 2. The lowest BCUT2D eigenvalue weighted by atomic mass is 9.77. The topological polar surface area (TPSA) is 98.5 Å². The third-order valence-corrected chi connectivity index (χ3v) is 7.32. The number of carboxylic acid groups (broad SMARTS) is 1. The van der Waals surface area contributed by atoms with Crippen molar-refractivity contribution in [3.8, 4) is 5.75 Å². The number of hydrogen-bond acceptors (Lipinski definition) is 4. The average Bonchev–Trinajstić information content (AvgIpc) is 3.07. The number of phenols is 1. The molecule has 0 spiro atoms. The summed E-state index contributed by atoms with van der Waals surface area (Å²) in [7, 11) is 0. The normalized spacial score (nSPS) is 19.4. The quantitative estimate of drug-likeness (QED) is 0.336. The molecule has 0 saturated heterocycles. The van der Waals surface area contributed by atoms with Gasteiger partial charge in [-0.05, 0) is 71.1 Å². The van der Waals surface area contributed by atoms with Gasteiger partial charge in [-0.1, -0.05) is 67.0 Å². The highest BCUT2D eigenvalue weighted by Gasteiger charge is 2.36. The average molecular weight is 504 g/mol. The maximum atomic E-state index is 13.6. The molecule has 1 aliphatic carbocycles. The van der Waals surface area contributed by atoms with E-state index in [0.717, 1.165) is 41.5 Å². The van der Waals surface area contributed by atoms with E-state index in [1.54, 1.807) is 24.3 Å². The van der Waals surface area contributed by atoms with Gasteiger partial charge in [0.05, 0.1) is 5.56 Å². The van der Waals surface area contributed by atoms with Gasteiger partial charge >= 0.3 is 5.97 Å². The van der Waals surface area contributed by atoms with Crippen LogP contribution in [0.4, 0.5) is 0 Å². The van der Waals surface area contributed by atoms with Gasteiger partial charge in [0.15, 0.2) is 5.78 Å². The molecule has 5 nitrogen and oxygen atoms in total. The van der Waals surface area contributed by atoms with Crippen molar-refractivity contribution in [2.45, 2.75) is 85.0 Å². The number of aromatic hydroxyl groups is 1. The van der Waals surface area contributed by atoms with Crippen molar-refractivity contribution in [2.75, 3.05) is 0 Å². The molecule has 0 amide bonds. The molecule has 0 radical (unpaired) electrons. The largest absolute Gasteiger partial charge is 0.507 e. The van der Waals surface area contributed by atoms with E-state index in [9.17, 15) is 14.7 Å². The van der Waals surface area contributed by atoms with E-state index in [0.29, 0.717) is 11.3 Å². The van der Waals surface area contributed by atoms with E-state index >= 15 is 0 Å². The van der Waals surface area contributed by atoms with Crippen LogP contribution in [0.25, 0.3) is 6.08 Å². The van der Waals surface area contributed by atoms with Crippen LogP contribution in [0, 0.1) is 17.2 Å². The first-order valence-electron chi connectivity index (χ1n) is 13.2. The summed E-state index contributed by atoms with van der Waals surface area (Å²) in [5.41, 5.74) is 4.01. The molecule has 2 atom stereocenters. The monoisotopic (exact) mass is 503 g/mol. The predicted octanol–water partition coefficient (Wildman–Crippen LogP) is 7.80. The van der Waals surface area contributed by atoms with Gasteiger partial charge in [0.25, 0.3) is 0 Å². The van der Waals surface area contributed by atoms with E-state index < -0.39 is 5.97 Å². The molecule has 3 N–H and O–H groups in total. The highest BCUT2D eigenvalue weighted by molar-refractivity contribution is 6.09. The molecule has 1 fully saturated rings. The van der Waals surface area contributed by atoms with Gasteiger partial charge in [-0.2, -0.15) is 0 Å². The molecule has 1 saturated carbocycles. The molecule has 5 heteroatoms. The molecular weight excluding hydrogens is 462 g/mol. The van der Waals surface area contributed by atoms with Crippen LogP contribution in [-0.4, -0.2) is 27.7 Å². The van der Waals surface area contributed by atoms with Gasteiger partial charge in [0.1, 0.15) is 5.75 Å². The molecule has 37 heavy (non-hydrogen) atoms. The molecule has 2 aromatic rings. The van der Waals surface area contributed by atoms with Gasteiger partial charge in [-0.3, -0.25) is 4.79 Å². The summed E-state index contributed by atoms with van der Waals surface area (Å²) in [5.74, 6) is -0.683.